The van der Waals surface area contributed by atoms with Crippen LogP contribution in [-0.2, 0) is 0 Å². The first-order valence-corrected chi connectivity index (χ1v) is 6.53. The van der Waals surface area contributed by atoms with Gasteiger partial charge in [0.05, 0.1) is 0 Å². The SMILES string of the molecule is CC(C)CCN(C)CCCCCBr. The summed E-state index contributed by atoms with van der Waals surface area (Å²) < 4.78 is 0. The molecular weight excluding hydrogens is 226 g/mol. The fourth-order valence-corrected chi connectivity index (χ4v) is 1.64. The molecule has 0 amide bonds. The molecule has 0 heterocycles. The van der Waals surface area contributed by atoms with E-state index in [1.54, 1.807) is 0 Å². The van der Waals surface area contributed by atoms with E-state index in [4.69, 9.17) is 0 Å². The summed E-state index contributed by atoms with van der Waals surface area (Å²) in [5.74, 6) is 0.838. The summed E-state index contributed by atoms with van der Waals surface area (Å²) in [7, 11) is 2.23. The van der Waals surface area contributed by atoms with E-state index in [0.717, 1.165) is 11.2 Å². The third-order valence-electron chi connectivity index (χ3n) is 2.26. The van der Waals surface area contributed by atoms with E-state index in [9.17, 15) is 0 Å². The van der Waals surface area contributed by atoms with Crippen molar-refractivity contribution in [2.75, 3.05) is 25.5 Å². The van der Waals surface area contributed by atoms with Gasteiger partial charge in [-0.3, -0.25) is 0 Å². The van der Waals surface area contributed by atoms with Crippen LogP contribution in [0, 0.1) is 5.92 Å². The second-order valence-corrected chi connectivity index (χ2v) is 5.03. The van der Waals surface area contributed by atoms with Crippen molar-refractivity contribution in [2.45, 2.75) is 39.5 Å². The molecule has 1 nitrogen and oxygen atoms in total. The van der Waals surface area contributed by atoms with E-state index in [0.29, 0.717) is 0 Å². The Kier molecular flexibility index (Phi) is 9.32. The number of alkyl halides is 1. The molecule has 0 saturated heterocycles. The van der Waals surface area contributed by atoms with E-state index in [1.165, 1.54) is 38.8 Å². The highest BCUT2D eigenvalue weighted by Crippen LogP contribution is 2.03. The van der Waals surface area contributed by atoms with Gasteiger partial charge >= 0.3 is 0 Å². The third-order valence-corrected chi connectivity index (χ3v) is 2.82. The molecule has 13 heavy (non-hydrogen) atoms. The van der Waals surface area contributed by atoms with E-state index in [-0.39, 0.29) is 0 Å². The lowest BCUT2D eigenvalue weighted by atomic mass is 10.1. The van der Waals surface area contributed by atoms with Crippen molar-refractivity contribution in [3.05, 3.63) is 0 Å². The van der Waals surface area contributed by atoms with Gasteiger partial charge in [-0.1, -0.05) is 36.2 Å². The quantitative estimate of drug-likeness (QED) is 0.470. The fraction of sp³-hybridized carbons (Fsp3) is 1.00. The summed E-state index contributed by atoms with van der Waals surface area (Å²) in [6.07, 6.45) is 5.35. The minimum atomic E-state index is 0.838. The van der Waals surface area contributed by atoms with E-state index in [1.807, 2.05) is 0 Å². The van der Waals surface area contributed by atoms with Crippen molar-refractivity contribution in [2.24, 2.45) is 5.92 Å². The standard InChI is InChI=1S/C11H24BrN/c1-11(2)7-10-13(3)9-6-4-5-8-12/h11H,4-10H2,1-3H3. The predicted octanol–water partition coefficient (Wildman–Crippen LogP) is 3.53. The Balaban J connectivity index is 3.15. The normalized spacial score (nSPS) is 11.5. The first kappa shape index (κ1) is 13.4. The van der Waals surface area contributed by atoms with Crippen molar-refractivity contribution in [1.29, 1.82) is 0 Å². The van der Waals surface area contributed by atoms with Crippen LogP contribution in [0.15, 0.2) is 0 Å². The van der Waals surface area contributed by atoms with Gasteiger partial charge in [0.25, 0.3) is 0 Å². The van der Waals surface area contributed by atoms with Gasteiger partial charge in [0.2, 0.25) is 0 Å². The fourth-order valence-electron chi connectivity index (χ4n) is 1.24. The van der Waals surface area contributed by atoms with E-state index in [2.05, 4.69) is 41.7 Å². The maximum Gasteiger partial charge on any atom is 0.00313 e. The van der Waals surface area contributed by atoms with Crippen LogP contribution in [0.1, 0.15) is 39.5 Å². The summed E-state index contributed by atoms with van der Waals surface area (Å²) in [5, 5.41) is 1.16. The molecule has 0 spiro atoms. The third kappa shape index (κ3) is 10.4. The smallest absolute Gasteiger partial charge is 0.00313 e. The van der Waals surface area contributed by atoms with Crippen LogP contribution in [0.25, 0.3) is 0 Å². The number of hydrogen-bond acceptors (Lipinski definition) is 1. The lowest BCUT2D eigenvalue weighted by Crippen LogP contribution is -2.22. The summed E-state index contributed by atoms with van der Waals surface area (Å²) in [5.41, 5.74) is 0. The predicted molar refractivity (Wildman–Crippen MR) is 64.6 cm³/mol. The van der Waals surface area contributed by atoms with Gasteiger partial charge in [-0.05, 0) is 45.3 Å². The molecule has 80 valence electrons. The van der Waals surface area contributed by atoms with Gasteiger partial charge in [0.15, 0.2) is 0 Å². The minimum absolute atomic E-state index is 0.838. The molecule has 0 saturated carbocycles. The zero-order valence-electron chi connectivity index (χ0n) is 9.35. The molecular formula is C11H24BrN. The molecule has 0 radical (unpaired) electrons. The Hall–Kier alpha value is 0.440. The second-order valence-electron chi connectivity index (χ2n) is 4.24. The lowest BCUT2D eigenvalue weighted by Gasteiger charge is -2.17. The highest BCUT2D eigenvalue weighted by atomic mass is 79.9. The highest BCUT2D eigenvalue weighted by molar-refractivity contribution is 9.09. The molecule has 0 aromatic carbocycles. The Morgan fingerprint density at radius 3 is 2.31 bits per heavy atom. The molecule has 0 unspecified atom stereocenters. The van der Waals surface area contributed by atoms with Crippen molar-refractivity contribution in [1.82, 2.24) is 4.90 Å². The number of hydrogen-bond donors (Lipinski definition) is 0. The van der Waals surface area contributed by atoms with Crippen LogP contribution in [0.2, 0.25) is 0 Å². The molecule has 0 aromatic heterocycles. The Morgan fingerprint density at radius 1 is 1.08 bits per heavy atom. The Bertz CT molecular complexity index is 104. The van der Waals surface area contributed by atoms with Crippen LogP contribution < -0.4 is 0 Å². The average molecular weight is 250 g/mol. The maximum atomic E-state index is 3.45. The summed E-state index contributed by atoms with van der Waals surface area (Å²) in [6, 6.07) is 0. The van der Waals surface area contributed by atoms with Gasteiger partial charge in [-0.25, -0.2) is 0 Å². The molecule has 0 N–H and O–H groups in total. The van der Waals surface area contributed by atoms with Crippen molar-refractivity contribution < 1.29 is 0 Å². The van der Waals surface area contributed by atoms with Crippen molar-refractivity contribution in [3.8, 4) is 0 Å². The molecule has 0 bridgehead atoms. The van der Waals surface area contributed by atoms with Gasteiger partial charge in [-0.15, -0.1) is 0 Å². The Morgan fingerprint density at radius 2 is 1.77 bits per heavy atom. The maximum absolute atomic E-state index is 3.45. The summed E-state index contributed by atoms with van der Waals surface area (Å²) in [6.45, 7) is 7.10. The average Bonchev–Trinajstić information content (AvgIpc) is 2.09. The van der Waals surface area contributed by atoms with E-state index >= 15 is 0 Å². The van der Waals surface area contributed by atoms with Crippen LogP contribution >= 0.6 is 15.9 Å². The lowest BCUT2D eigenvalue weighted by molar-refractivity contribution is 0.304. The summed E-state index contributed by atoms with van der Waals surface area (Å²) in [4.78, 5) is 2.45. The molecule has 0 rings (SSSR count). The Labute approximate surface area is 92.0 Å². The van der Waals surface area contributed by atoms with Crippen molar-refractivity contribution >= 4 is 15.9 Å². The molecule has 0 fully saturated rings. The van der Waals surface area contributed by atoms with E-state index < -0.39 is 0 Å². The molecule has 0 atom stereocenters. The second kappa shape index (κ2) is 9.01. The topological polar surface area (TPSA) is 3.24 Å². The first-order chi connectivity index (χ1) is 6.16. The number of unbranched alkanes of at least 4 members (excludes halogenated alkanes) is 2. The van der Waals surface area contributed by atoms with Gasteiger partial charge in [0, 0.05) is 5.33 Å². The van der Waals surface area contributed by atoms with Crippen molar-refractivity contribution in [3.63, 3.8) is 0 Å². The molecule has 0 aliphatic rings. The number of rotatable bonds is 8. The van der Waals surface area contributed by atoms with Gasteiger partial charge < -0.3 is 4.90 Å². The molecule has 0 aliphatic heterocycles. The number of nitrogens with zero attached hydrogens (tertiary/aromatic N) is 1. The van der Waals surface area contributed by atoms with Crippen LogP contribution in [0.4, 0.5) is 0 Å². The zero-order valence-corrected chi connectivity index (χ0v) is 10.9. The highest BCUT2D eigenvalue weighted by Gasteiger charge is 1.99. The first-order valence-electron chi connectivity index (χ1n) is 5.41. The molecule has 0 aliphatic carbocycles. The number of halogens is 1. The van der Waals surface area contributed by atoms with Gasteiger partial charge in [0.1, 0.15) is 0 Å². The molecule has 2 heteroatoms. The van der Waals surface area contributed by atoms with Gasteiger partial charge in [-0.2, -0.15) is 0 Å². The molecule has 0 aromatic rings. The minimum Gasteiger partial charge on any atom is -0.306 e. The largest absolute Gasteiger partial charge is 0.306 e. The van der Waals surface area contributed by atoms with Crippen LogP contribution in [0.3, 0.4) is 0 Å². The summed E-state index contributed by atoms with van der Waals surface area (Å²) >= 11 is 3.45. The van der Waals surface area contributed by atoms with Crippen LogP contribution in [-0.4, -0.2) is 30.4 Å². The van der Waals surface area contributed by atoms with Crippen LogP contribution in [0.5, 0.6) is 0 Å². The zero-order chi connectivity index (χ0) is 10.1. The monoisotopic (exact) mass is 249 g/mol.